The summed E-state index contributed by atoms with van der Waals surface area (Å²) in [6.45, 7) is 1.72. The third-order valence-electron chi connectivity index (χ3n) is 4.83. The van der Waals surface area contributed by atoms with Gasteiger partial charge in [-0.05, 0) is 44.4 Å². The highest BCUT2D eigenvalue weighted by Crippen LogP contribution is 2.53. The molecule has 0 aromatic carbocycles. The highest BCUT2D eigenvalue weighted by molar-refractivity contribution is 5.86. The summed E-state index contributed by atoms with van der Waals surface area (Å²) in [6, 6.07) is 0. The number of pyridine rings is 1. The molecule has 0 radical (unpaired) electrons. The Hall–Kier alpha value is -1.86. The van der Waals surface area contributed by atoms with Gasteiger partial charge >= 0.3 is 5.97 Å². The van der Waals surface area contributed by atoms with Gasteiger partial charge in [0.15, 0.2) is 0 Å². The second-order valence-corrected chi connectivity index (χ2v) is 6.09. The molecule has 0 aliphatic heterocycles. The summed E-state index contributed by atoms with van der Waals surface area (Å²) in [5.41, 5.74) is -2.36. The lowest BCUT2D eigenvalue weighted by Crippen LogP contribution is -2.52. The summed E-state index contributed by atoms with van der Waals surface area (Å²) in [5.74, 6) is -7.42. The highest BCUT2D eigenvalue weighted by Gasteiger charge is 2.57. The predicted octanol–water partition coefficient (Wildman–Crippen LogP) is 3.17. The Labute approximate surface area is 130 Å². The topological polar surface area (TPSA) is 51.2 Å². The molecule has 0 saturated heterocycles. The Morgan fingerprint density at radius 1 is 1.26 bits per heavy atom. The maximum Gasteiger partial charge on any atom is 0.332 e. The molecule has 0 spiro atoms. The number of carbonyl (C=O) groups is 1. The maximum atomic E-state index is 13.9. The van der Waals surface area contributed by atoms with Crippen molar-refractivity contribution in [3.63, 3.8) is 0 Å². The van der Waals surface area contributed by atoms with Gasteiger partial charge in [-0.3, -0.25) is 0 Å². The van der Waals surface area contributed by atoms with Crippen molar-refractivity contribution >= 4 is 11.7 Å². The standard InChI is InChI=1S/C15H16F4N2O2/c1-2-23-14(22)15(6-7-3-4-8(15)5-7)21-11-9(16)12(18)20-13(19)10(11)17/h7-8H,2-6H2,1H3,(H,20,21). The van der Waals surface area contributed by atoms with E-state index >= 15 is 0 Å². The van der Waals surface area contributed by atoms with E-state index in [0.717, 1.165) is 6.42 Å². The van der Waals surface area contributed by atoms with Crippen LogP contribution in [0.25, 0.3) is 0 Å². The van der Waals surface area contributed by atoms with Crippen molar-refractivity contribution < 1.29 is 27.1 Å². The van der Waals surface area contributed by atoms with Gasteiger partial charge in [-0.25, -0.2) is 4.79 Å². The third kappa shape index (κ3) is 2.44. The van der Waals surface area contributed by atoms with Gasteiger partial charge in [0.2, 0.25) is 11.6 Å². The van der Waals surface area contributed by atoms with Gasteiger partial charge in [-0.1, -0.05) is 0 Å². The molecule has 2 aliphatic carbocycles. The smallest absolute Gasteiger partial charge is 0.332 e. The molecule has 2 bridgehead atoms. The Kier molecular flexibility index (Phi) is 3.93. The fraction of sp³-hybridized carbons (Fsp3) is 0.600. The molecular formula is C15H16F4N2O2. The monoisotopic (exact) mass is 332 g/mol. The van der Waals surface area contributed by atoms with Gasteiger partial charge in [0.1, 0.15) is 11.2 Å². The number of esters is 1. The minimum atomic E-state index is -1.76. The van der Waals surface area contributed by atoms with Crippen LogP contribution in [0.5, 0.6) is 0 Å². The first-order chi connectivity index (χ1) is 10.9. The minimum Gasteiger partial charge on any atom is -0.464 e. The average Bonchev–Trinajstić information content (AvgIpc) is 3.11. The molecule has 2 saturated carbocycles. The van der Waals surface area contributed by atoms with Crippen molar-refractivity contribution in [3.05, 3.63) is 23.5 Å². The highest BCUT2D eigenvalue weighted by atomic mass is 19.2. The van der Waals surface area contributed by atoms with Crippen molar-refractivity contribution in [3.8, 4) is 0 Å². The van der Waals surface area contributed by atoms with E-state index in [1.165, 1.54) is 0 Å². The average molecular weight is 332 g/mol. The lowest BCUT2D eigenvalue weighted by molar-refractivity contribution is -0.150. The van der Waals surface area contributed by atoms with E-state index in [2.05, 4.69) is 10.3 Å². The normalized spacial score (nSPS) is 28.9. The number of nitrogens with one attached hydrogen (secondary N) is 1. The van der Waals surface area contributed by atoms with Crippen LogP contribution in [0.4, 0.5) is 23.2 Å². The van der Waals surface area contributed by atoms with Crippen molar-refractivity contribution in [2.75, 3.05) is 11.9 Å². The zero-order valence-electron chi connectivity index (χ0n) is 12.5. The van der Waals surface area contributed by atoms with E-state index < -0.39 is 40.7 Å². The van der Waals surface area contributed by atoms with Gasteiger partial charge in [0, 0.05) is 0 Å². The molecule has 3 unspecified atom stereocenters. The SMILES string of the molecule is CCOC(=O)C1(Nc2c(F)c(F)nc(F)c2F)CC2CCC1C2. The number of halogens is 4. The molecule has 1 aromatic rings. The molecular weight excluding hydrogens is 316 g/mol. The van der Waals surface area contributed by atoms with Crippen LogP contribution in [0.3, 0.4) is 0 Å². The van der Waals surface area contributed by atoms with Crippen LogP contribution in [-0.2, 0) is 9.53 Å². The lowest BCUT2D eigenvalue weighted by atomic mass is 9.80. The number of hydrogen-bond acceptors (Lipinski definition) is 4. The summed E-state index contributed by atoms with van der Waals surface area (Å²) < 4.78 is 59.5. The van der Waals surface area contributed by atoms with Gasteiger partial charge in [-0.2, -0.15) is 22.5 Å². The molecule has 1 heterocycles. The molecule has 8 heteroatoms. The van der Waals surface area contributed by atoms with Gasteiger partial charge in [0.05, 0.1) is 6.61 Å². The zero-order chi connectivity index (χ0) is 16.8. The quantitative estimate of drug-likeness (QED) is 0.523. The third-order valence-corrected chi connectivity index (χ3v) is 4.83. The van der Waals surface area contributed by atoms with E-state index in [9.17, 15) is 22.4 Å². The van der Waals surface area contributed by atoms with Crippen molar-refractivity contribution in [1.82, 2.24) is 4.98 Å². The van der Waals surface area contributed by atoms with Crippen molar-refractivity contribution in [1.29, 1.82) is 0 Å². The van der Waals surface area contributed by atoms with E-state index in [-0.39, 0.29) is 18.4 Å². The maximum absolute atomic E-state index is 13.9. The predicted molar refractivity (Wildman–Crippen MR) is 72.5 cm³/mol. The molecule has 23 heavy (non-hydrogen) atoms. The second kappa shape index (κ2) is 5.65. The van der Waals surface area contributed by atoms with Crippen LogP contribution in [-0.4, -0.2) is 23.1 Å². The molecule has 4 nitrogen and oxygen atoms in total. The molecule has 1 aromatic heterocycles. The van der Waals surface area contributed by atoms with Crippen LogP contribution < -0.4 is 5.32 Å². The fourth-order valence-electron chi connectivity index (χ4n) is 3.86. The largest absolute Gasteiger partial charge is 0.464 e. The first kappa shape index (κ1) is 16.0. The first-order valence-electron chi connectivity index (χ1n) is 7.54. The molecule has 2 aliphatic rings. The summed E-state index contributed by atoms with van der Waals surface area (Å²) in [7, 11) is 0. The molecule has 3 rings (SSSR count). The number of fused-ring (bicyclic) bond motifs is 2. The fourth-order valence-corrected chi connectivity index (χ4v) is 3.86. The second-order valence-electron chi connectivity index (χ2n) is 6.09. The number of rotatable bonds is 4. The van der Waals surface area contributed by atoms with E-state index in [1.54, 1.807) is 6.92 Å². The van der Waals surface area contributed by atoms with Crippen LogP contribution >= 0.6 is 0 Å². The molecule has 1 N–H and O–H groups in total. The Bertz CT molecular complexity index is 629. The summed E-state index contributed by atoms with van der Waals surface area (Å²) in [5, 5.41) is 2.44. The lowest BCUT2D eigenvalue weighted by Gasteiger charge is -2.37. The summed E-state index contributed by atoms with van der Waals surface area (Å²) in [6.07, 6.45) is 2.64. The van der Waals surface area contributed by atoms with Gasteiger partial charge < -0.3 is 10.1 Å². The number of hydrogen-bond donors (Lipinski definition) is 1. The van der Waals surface area contributed by atoms with E-state index in [0.29, 0.717) is 19.3 Å². The minimum absolute atomic E-state index is 0.101. The van der Waals surface area contributed by atoms with Crippen LogP contribution in [0, 0.1) is 35.4 Å². The molecule has 0 amide bonds. The van der Waals surface area contributed by atoms with Crippen LogP contribution in [0.1, 0.15) is 32.6 Å². The van der Waals surface area contributed by atoms with Crippen LogP contribution in [0.15, 0.2) is 0 Å². The van der Waals surface area contributed by atoms with Crippen molar-refractivity contribution in [2.45, 2.75) is 38.1 Å². The Balaban J connectivity index is 2.03. The molecule has 126 valence electrons. The van der Waals surface area contributed by atoms with Gasteiger partial charge in [0.25, 0.3) is 11.9 Å². The van der Waals surface area contributed by atoms with Crippen molar-refractivity contribution in [2.24, 2.45) is 11.8 Å². The number of anilines is 1. The molecule has 3 atom stereocenters. The number of aromatic nitrogens is 1. The van der Waals surface area contributed by atoms with E-state index in [4.69, 9.17) is 4.74 Å². The summed E-state index contributed by atoms with van der Waals surface area (Å²) >= 11 is 0. The Morgan fingerprint density at radius 3 is 2.39 bits per heavy atom. The first-order valence-corrected chi connectivity index (χ1v) is 7.54. The summed E-state index contributed by atoms with van der Waals surface area (Å²) in [4.78, 5) is 14.9. The molecule has 2 fully saturated rings. The number of ether oxygens (including phenoxy) is 1. The number of carbonyl (C=O) groups excluding carboxylic acids is 1. The van der Waals surface area contributed by atoms with Gasteiger partial charge in [-0.15, -0.1) is 0 Å². The van der Waals surface area contributed by atoms with Crippen LogP contribution in [0.2, 0.25) is 0 Å². The number of nitrogens with zero attached hydrogens (tertiary/aromatic N) is 1. The van der Waals surface area contributed by atoms with E-state index in [1.807, 2.05) is 0 Å². The Morgan fingerprint density at radius 2 is 1.91 bits per heavy atom. The zero-order valence-corrected chi connectivity index (χ0v) is 12.5.